The number of aromatic nitrogens is 2. The Bertz CT molecular complexity index is 651. The smallest absolute Gasteiger partial charge is 0.254 e. The lowest BCUT2D eigenvalue weighted by molar-refractivity contribution is 0.0954. The van der Waals surface area contributed by atoms with Crippen LogP contribution in [0.1, 0.15) is 15.9 Å². The Balaban J connectivity index is 1.54. The summed E-state index contributed by atoms with van der Waals surface area (Å²) in [5.74, 6) is 1.45. The maximum absolute atomic E-state index is 11.9. The lowest BCUT2D eigenvalue weighted by atomic mass is 10.1. The van der Waals surface area contributed by atoms with E-state index < -0.39 is 0 Å². The van der Waals surface area contributed by atoms with Gasteiger partial charge in [-0.15, -0.1) is 0 Å². The van der Waals surface area contributed by atoms with Crippen molar-refractivity contribution in [3.63, 3.8) is 0 Å². The van der Waals surface area contributed by atoms with E-state index in [4.69, 9.17) is 9.47 Å². The SMILES string of the molecule is Cn1cc(C(=O)NCCc2ccc3c(c2)OCCO3)cn1. The van der Waals surface area contributed by atoms with Crippen LogP contribution in [0.2, 0.25) is 0 Å². The van der Waals surface area contributed by atoms with E-state index in [1.807, 2.05) is 18.2 Å². The van der Waals surface area contributed by atoms with E-state index in [-0.39, 0.29) is 5.91 Å². The number of hydrogen-bond donors (Lipinski definition) is 1. The highest BCUT2D eigenvalue weighted by Crippen LogP contribution is 2.30. The Morgan fingerprint density at radius 1 is 1.33 bits per heavy atom. The summed E-state index contributed by atoms with van der Waals surface area (Å²) in [7, 11) is 1.78. The average molecular weight is 287 g/mol. The minimum Gasteiger partial charge on any atom is -0.486 e. The summed E-state index contributed by atoms with van der Waals surface area (Å²) < 4.78 is 12.6. The number of amides is 1. The number of benzene rings is 1. The molecule has 2 aromatic rings. The summed E-state index contributed by atoms with van der Waals surface area (Å²) >= 11 is 0. The molecule has 6 heteroatoms. The molecule has 0 aliphatic carbocycles. The van der Waals surface area contributed by atoms with Gasteiger partial charge in [-0.3, -0.25) is 9.48 Å². The monoisotopic (exact) mass is 287 g/mol. The molecule has 0 radical (unpaired) electrons. The van der Waals surface area contributed by atoms with Gasteiger partial charge in [-0.2, -0.15) is 5.10 Å². The van der Waals surface area contributed by atoms with Gasteiger partial charge in [0.25, 0.3) is 5.91 Å². The lowest BCUT2D eigenvalue weighted by Gasteiger charge is -2.18. The van der Waals surface area contributed by atoms with Crippen molar-refractivity contribution in [2.45, 2.75) is 6.42 Å². The number of nitrogens with one attached hydrogen (secondary N) is 1. The Hall–Kier alpha value is -2.50. The number of aryl methyl sites for hydroxylation is 1. The summed E-state index contributed by atoms with van der Waals surface area (Å²) in [6.07, 6.45) is 3.99. The van der Waals surface area contributed by atoms with Crippen molar-refractivity contribution in [3.05, 3.63) is 41.7 Å². The van der Waals surface area contributed by atoms with Gasteiger partial charge >= 0.3 is 0 Å². The zero-order chi connectivity index (χ0) is 14.7. The van der Waals surface area contributed by atoms with Crippen LogP contribution in [0.3, 0.4) is 0 Å². The summed E-state index contributed by atoms with van der Waals surface area (Å²) in [6.45, 7) is 1.73. The molecule has 1 aliphatic rings. The third kappa shape index (κ3) is 3.16. The molecule has 0 saturated heterocycles. The van der Waals surface area contributed by atoms with Crippen LogP contribution in [-0.4, -0.2) is 35.4 Å². The van der Waals surface area contributed by atoms with E-state index in [1.54, 1.807) is 24.1 Å². The van der Waals surface area contributed by atoms with Crippen molar-refractivity contribution in [2.75, 3.05) is 19.8 Å². The van der Waals surface area contributed by atoms with Crippen molar-refractivity contribution in [2.24, 2.45) is 7.05 Å². The normalized spacial score (nSPS) is 13.0. The Morgan fingerprint density at radius 3 is 2.90 bits per heavy atom. The van der Waals surface area contributed by atoms with Gasteiger partial charge in [-0.25, -0.2) is 0 Å². The Kier molecular flexibility index (Phi) is 3.77. The number of carbonyl (C=O) groups excluding carboxylic acids is 1. The molecule has 1 aromatic carbocycles. The predicted octanol–water partition coefficient (Wildman–Crippen LogP) is 1.16. The van der Waals surface area contributed by atoms with Crippen molar-refractivity contribution < 1.29 is 14.3 Å². The number of ether oxygens (including phenoxy) is 2. The van der Waals surface area contributed by atoms with E-state index in [9.17, 15) is 4.79 Å². The lowest BCUT2D eigenvalue weighted by Crippen LogP contribution is -2.25. The fourth-order valence-corrected chi connectivity index (χ4v) is 2.20. The van der Waals surface area contributed by atoms with E-state index >= 15 is 0 Å². The summed E-state index contributed by atoms with van der Waals surface area (Å²) in [5, 5.41) is 6.85. The second-order valence-corrected chi connectivity index (χ2v) is 4.89. The molecule has 3 rings (SSSR count). The summed E-state index contributed by atoms with van der Waals surface area (Å²) in [4.78, 5) is 11.9. The third-order valence-electron chi connectivity index (χ3n) is 3.27. The van der Waals surface area contributed by atoms with Crippen molar-refractivity contribution in [1.29, 1.82) is 0 Å². The molecule has 1 aromatic heterocycles. The predicted molar refractivity (Wildman–Crippen MR) is 76.7 cm³/mol. The van der Waals surface area contributed by atoms with Crippen LogP contribution in [0.5, 0.6) is 11.5 Å². The molecule has 1 N–H and O–H groups in total. The number of fused-ring (bicyclic) bond motifs is 1. The highest BCUT2D eigenvalue weighted by molar-refractivity contribution is 5.93. The fraction of sp³-hybridized carbons (Fsp3) is 0.333. The van der Waals surface area contributed by atoms with Crippen LogP contribution in [0.25, 0.3) is 0 Å². The van der Waals surface area contributed by atoms with E-state index in [0.717, 1.165) is 23.5 Å². The first-order valence-electron chi connectivity index (χ1n) is 6.88. The molecular weight excluding hydrogens is 270 g/mol. The molecule has 0 saturated carbocycles. The standard InChI is InChI=1S/C15H17N3O3/c1-18-10-12(9-17-18)15(19)16-5-4-11-2-3-13-14(8-11)21-7-6-20-13/h2-3,8-10H,4-7H2,1H3,(H,16,19). The quantitative estimate of drug-likeness (QED) is 0.916. The van der Waals surface area contributed by atoms with Crippen LogP contribution in [-0.2, 0) is 13.5 Å². The minimum atomic E-state index is -0.111. The van der Waals surface area contributed by atoms with Crippen LogP contribution < -0.4 is 14.8 Å². The largest absolute Gasteiger partial charge is 0.486 e. The van der Waals surface area contributed by atoms with Crippen molar-refractivity contribution in [1.82, 2.24) is 15.1 Å². The zero-order valence-corrected chi connectivity index (χ0v) is 11.8. The number of carbonyl (C=O) groups is 1. The van der Waals surface area contributed by atoms with E-state index in [0.29, 0.717) is 25.3 Å². The molecular formula is C15H17N3O3. The second-order valence-electron chi connectivity index (χ2n) is 4.89. The van der Waals surface area contributed by atoms with Crippen LogP contribution in [0.15, 0.2) is 30.6 Å². The minimum absolute atomic E-state index is 0.111. The number of hydrogen-bond acceptors (Lipinski definition) is 4. The van der Waals surface area contributed by atoms with Gasteiger partial charge in [0.05, 0.1) is 11.8 Å². The first kappa shape index (κ1) is 13.5. The molecule has 0 bridgehead atoms. The number of rotatable bonds is 4. The van der Waals surface area contributed by atoms with Crippen molar-refractivity contribution >= 4 is 5.91 Å². The first-order chi connectivity index (χ1) is 10.2. The van der Waals surface area contributed by atoms with Gasteiger partial charge in [-0.1, -0.05) is 6.07 Å². The maximum Gasteiger partial charge on any atom is 0.254 e. The molecule has 2 heterocycles. The molecule has 0 spiro atoms. The van der Waals surface area contributed by atoms with E-state index in [2.05, 4.69) is 10.4 Å². The molecule has 1 aliphatic heterocycles. The fourth-order valence-electron chi connectivity index (χ4n) is 2.20. The molecule has 0 atom stereocenters. The topological polar surface area (TPSA) is 65.4 Å². The molecule has 1 amide bonds. The van der Waals surface area contributed by atoms with Crippen LogP contribution in [0, 0.1) is 0 Å². The molecule has 21 heavy (non-hydrogen) atoms. The first-order valence-corrected chi connectivity index (χ1v) is 6.88. The van der Waals surface area contributed by atoms with Crippen LogP contribution in [0.4, 0.5) is 0 Å². The zero-order valence-electron chi connectivity index (χ0n) is 11.8. The average Bonchev–Trinajstić information content (AvgIpc) is 2.94. The van der Waals surface area contributed by atoms with Gasteiger partial charge in [0.1, 0.15) is 13.2 Å². The van der Waals surface area contributed by atoms with Crippen molar-refractivity contribution in [3.8, 4) is 11.5 Å². The summed E-state index contributed by atoms with van der Waals surface area (Å²) in [5.41, 5.74) is 1.67. The molecule has 6 nitrogen and oxygen atoms in total. The Labute approximate surface area is 122 Å². The van der Waals surface area contributed by atoms with Gasteiger partial charge in [0.2, 0.25) is 0 Å². The second kappa shape index (κ2) is 5.87. The number of nitrogens with zero attached hydrogens (tertiary/aromatic N) is 2. The van der Waals surface area contributed by atoms with Crippen LogP contribution >= 0.6 is 0 Å². The van der Waals surface area contributed by atoms with Gasteiger partial charge < -0.3 is 14.8 Å². The van der Waals surface area contributed by atoms with E-state index in [1.165, 1.54) is 0 Å². The molecule has 0 unspecified atom stereocenters. The molecule has 0 fully saturated rings. The van der Waals surface area contributed by atoms with Gasteiger partial charge in [-0.05, 0) is 24.1 Å². The Morgan fingerprint density at radius 2 is 2.14 bits per heavy atom. The van der Waals surface area contributed by atoms with Gasteiger partial charge in [0.15, 0.2) is 11.5 Å². The van der Waals surface area contributed by atoms with Gasteiger partial charge in [0, 0.05) is 19.8 Å². The summed E-state index contributed by atoms with van der Waals surface area (Å²) in [6, 6.07) is 5.86. The highest BCUT2D eigenvalue weighted by Gasteiger charge is 2.12. The third-order valence-corrected chi connectivity index (χ3v) is 3.27. The maximum atomic E-state index is 11.9. The molecule has 110 valence electrons. The highest BCUT2D eigenvalue weighted by atomic mass is 16.6.